The Morgan fingerprint density at radius 3 is 2.67 bits per heavy atom. The van der Waals surface area contributed by atoms with Gasteiger partial charge in [-0.25, -0.2) is 4.39 Å². The lowest BCUT2D eigenvalue weighted by molar-refractivity contribution is -0.121. The van der Waals surface area contributed by atoms with Gasteiger partial charge in [-0.15, -0.1) is 0 Å². The van der Waals surface area contributed by atoms with E-state index in [1.165, 1.54) is 12.1 Å². The Morgan fingerprint density at radius 2 is 2.00 bits per heavy atom. The summed E-state index contributed by atoms with van der Waals surface area (Å²) in [6.45, 7) is 3.78. The van der Waals surface area contributed by atoms with E-state index in [2.05, 4.69) is 15.5 Å². The summed E-state index contributed by atoms with van der Waals surface area (Å²) < 4.78 is 23.9. The Morgan fingerprint density at radius 1 is 1.26 bits per heavy atom. The van der Waals surface area contributed by atoms with E-state index in [4.69, 9.17) is 9.26 Å². The molecule has 0 spiro atoms. The van der Waals surface area contributed by atoms with Crippen LogP contribution in [0.5, 0.6) is 0 Å². The number of aromatic nitrogens is 2. The lowest BCUT2D eigenvalue weighted by Gasteiger charge is -2.38. The van der Waals surface area contributed by atoms with Gasteiger partial charge < -0.3 is 14.6 Å². The Kier molecular flexibility index (Phi) is 6.55. The van der Waals surface area contributed by atoms with Gasteiger partial charge in [0.25, 0.3) is 0 Å². The number of hydrogen-bond acceptors (Lipinski definition) is 5. The van der Waals surface area contributed by atoms with E-state index in [1.807, 2.05) is 19.1 Å². The largest absolute Gasteiger partial charge is 0.381 e. The number of halogens is 1. The van der Waals surface area contributed by atoms with Crippen LogP contribution in [0.3, 0.4) is 0 Å². The topological polar surface area (TPSA) is 77.2 Å². The van der Waals surface area contributed by atoms with Gasteiger partial charge in [-0.1, -0.05) is 24.2 Å². The molecule has 0 saturated carbocycles. The molecule has 7 heteroatoms. The van der Waals surface area contributed by atoms with Crippen LogP contribution in [0.1, 0.15) is 49.9 Å². The predicted molar refractivity (Wildman–Crippen MR) is 97.8 cm³/mol. The van der Waals surface area contributed by atoms with Crippen LogP contribution < -0.4 is 5.32 Å². The van der Waals surface area contributed by atoms with Crippen LogP contribution in [0.25, 0.3) is 0 Å². The molecule has 1 amide bonds. The van der Waals surface area contributed by atoms with Crippen LogP contribution >= 0.6 is 0 Å². The van der Waals surface area contributed by atoms with E-state index in [0.717, 1.165) is 24.8 Å². The number of hydrogen-bond donors (Lipinski definition) is 1. The fraction of sp³-hybridized carbons (Fsp3) is 0.550. The number of carbonyl (C=O) groups excluding carboxylic acids is 1. The fourth-order valence-corrected chi connectivity index (χ4v) is 3.42. The summed E-state index contributed by atoms with van der Waals surface area (Å²) in [5, 5.41) is 6.91. The van der Waals surface area contributed by atoms with E-state index >= 15 is 0 Å². The van der Waals surface area contributed by atoms with Gasteiger partial charge in [-0.2, -0.15) is 4.98 Å². The second-order valence-electron chi connectivity index (χ2n) is 6.99. The first-order chi connectivity index (χ1) is 13.1. The van der Waals surface area contributed by atoms with Gasteiger partial charge in [-0.3, -0.25) is 4.79 Å². The van der Waals surface area contributed by atoms with Crippen LogP contribution in [-0.2, 0) is 27.8 Å². The lowest BCUT2D eigenvalue weighted by Crippen LogP contribution is -2.44. The van der Waals surface area contributed by atoms with Crippen molar-refractivity contribution in [1.29, 1.82) is 0 Å². The van der Waals surface area contributed by atoms with E-state index in [0.29, 0.717) is 50.7 Å². The molecule has 0 radical (unpaired) electrons. The molecule has 0 bridgehead atoms. The number of rotatable bonds is 8. The van der Waals surface area contributed by atoms with Crippen molar-refractivity contribution in [2.45, 2.75) is 50.9 Å². The van der Waals surface area contributed by atoms with E-state index in [9.17, 15) is 9.18 Å². The van der Waals surface area contributed by atoms with E-state index in [1.54, 1.807) is 0 Å². The molecule has 0 aliphatic carbocycles. The molecule has 1 saturated heterocycles. The van der Waals surface area contributed by atoms with Gasteiger partial charge in [0, 0.05) is 44.4 Å². The first-order valence-corrected chi connectivity index (χ1v) is 9.53. The Labute approximate surface area is 158 Å². The summed E-state index contributed by atoms with van der Waals surface area (Å²) in [6, 6.07) is 6.58. The van der Waals surface area contributed by atoms with Crippen molar-refractivity contribution in [3.63, 3.8) is 0 Å². The number of nitrogens with zero attached hydrogens (tertiary/aromatic N) is 2. The Hall–Kier alpha value is -2.28. The molecular formula is C20H26FN3O3. The summed E-state index contributed by atoms with van der Waals surface area (Å²) in [5.41, 5.74) is 0.842. The number of nitrogens with one attached hydrogen (secondary N) is 1. The molecule has 0 atom stereocenters. The molecule has 1 fully saturated rings. The standard InChI is InChI=1S/C20H26FN3O3/c1-2-17-23-19(27-24-17)5-3-4-18(25)22-14-20(10-12-26-13-11-20)15-6-8-16(21)9-7-15/h6-9H,2-5,10-14H2,1H3,(H,22,25). The third-order valence-corrected chi connectivity index (χ3v) is 5.15. The summed E-state index contributed by atoms with van der Waals surface area (Å²) in [7, 11) is 0. The molecule has 1 aliphatic rings. The van der Waals surface area contributed by atoms with Crippen LogP contribution in [0.4, 0.5) is 4.39 Å². The second-order valence-corrected chi connectivity index (χ2v) is 6.99. The maximum absolute atomic E-state index is 13.3. The highest BCUT2D eigenvalue weighted by molar-refractivity contribution is 5.76. The first-order valence-electron chi connectivity index (χ1n) is 9.53. The molecule has 0 unspecified atom stereocenters. The highest BCUT2D eigenvalue weighted by Gasteiger charge is 2.34. The van der Waals surface area contributed by atoms with Crippen molar-refractivity contribution < 1.29 is 18.4 Å². The average Bonchev–Trinajstić information content (AvgIpc) is 3.16. The van der Waals surface area contributed by atoms with E-state index < -0.39 is 0 Å². The van der Waals surface area contributed by atoms with Crippen molar-refractivity contribution in [1.82, 2.24) is 15.5 Å². The average molecular weight is 375 g/mol. The van der Waals surface area contributed by atoms with Gasteiger partial charge in [0.1, 0.15) is 5.82 Å². The zero-order valence-electron chi connectivity index (χ0n) is 15.7. The predicted octanol–water partition coefficient (Wildman–Crippen LogP) is 2.96. The number of amides is 1. The summed E-state index contributed by atoms with van der Waals surface area (Å²) in [5.74, 6) is 1.01. The van der Waals surface area contributed by atoms with Crippen LogP contribution in [0.2, 0.25) is 0 Å². The second kappa shape index (κ2) is 9.08. The molecule has 3 rings (SSSR count). The van der Waals surface area contributed by atoms with Crippen LogP contribution in [0.15, 0.2) is 28.8 Å². The quantitative estimate of drug-likeness (QED) is 0.768. The lowest BCUT2D eigenvalue weighted by atomic mass is 9.74. The normalized spacial score (nSPS) is 16.2. The third kappa shape index (κ3) is 5.13. The van der Waals surface area contributed by atoms with Crippen molar-refractivity contribution in [3.8, 4) is 0 Å². The maximum Gasteiger partial charge on any atom is 0.226 e. The number of ether oxygens (including phenoxy) is 1. The molecule has 1 aromatic heterocycles. The Balaban J connectivity index is 1.52. The minimum atomic E-state index is -0.253. The molecule has 2 aromatic rings. The fourth-order valence-electron chi connectivity index (χ4n) is 3.42. The van der Waals surface area contributed by atoms with Crippen molar-refractivity contribution in [3.05, 3.63) is 47.4 Å². The molecule has 2 heterocycles. The van der Waals surface area contributed by atoms with Crippen LogP contribution in [-0.4, -0.2) is 35.8 Å². The highest BCUT2D eigenvalue weighted by Crippen LogP contribution is 2.34. The molecule has 27 heavy (non-hydrogen) atoms. The summed E-state index contributed by atoms with van der Waals surface area (Å²) >= 11 is 0. The Bertz CT molecular complexity index is 739. The van der Waals surface area contributed by atoms with Crippen molar-refractivity contribution in [2.75, 3.05) is 19.8 Å². The first kappa shape index (κ1) is 19.5. The number of aryl methyl sites for hydroxylation is 2. The van der Waals surface area contributed by atoms with Gasteiger partial charge in [-0.05, 0) is 37.0 Å². The van der Waals surface area contributed by atoms with Gasteiger partial charge in [0.05, 0.1) is 0 Å². The molecular weight excluding hydrogens is 349 g/mol. The van der Waals surface area contributed by atoms with E-state index in [-0.39, 0.29) is 17.1 Å². The monoisotopic (exact) mass is 375 g/mol. The van der Waals surface area contributed by atoms with Gasteiger partial charge in [0.2, 0.25) is 11.8 Å². The van der Waals surface area contributed by atoms with Crippen molar-refractivity contribution >= 4 is 5.91 Å². The minimum Gasteiger partial charge on any atom is -0.381 e. The SMILES string of the molecule is CCc1noc(CCCC(=O)NCC2(c3ccc(F)cc3)CCOCC2)n1. The summed E-state index contributed by atoms with van der Waals surface area (Å²) in [4.78, 5) is 16.5. The van der Waals surface area contributed by atoms with Crippen molar-refractivity contribution in [2.24, 2.45) is 0 Å². The summed E-state index contributed by atoms with van der Waals surface area (Å²) in [6.07, 6.45) is 4.00. The van der Waals surface area contributed by atoms with Gasteiger partial charge >= 0.3 is 0 Å². The molecule has 1 aliphatic heterocycles. The molecule has 1 aromatic carbocycles. The van der Waals surface area contributed by atoms with Gasteiger partial charge in [0.15, 0.2) is 5.82 Å². The number of benzene rings is 1. The molecule has 1 N–H and O–H groups in total. The molecule has 6 nitrogen and oxygen atoms in total. The molecule has 146 valence electrons. The highest BCUT2D eigenvalue weighted by atomic mass is 19.1. The minimum absolute atomic E-state index is 0.00166. The zero-order chi connectivity index (χ0) is 19.1. The maximum atomic E-state index is 13.3. The third-order valence-electron chi connectivity index (χ3n) is 5.15. The smallest absolute Gasteiger partial charge is 0.226 e. The van der Waals surface area contributed by atoms with Crippen LogP contribution in [0, 0.1) is 5.82 Å². The number of carbonyl (C=O) groups is 1. The zero-order valence-corrected chi connectivity index (χ0v) is 15.7.